The summed E-state index contributed by atoms with van der Waals surface area (Å²) in [5.74, 6) is -0.200. The van der Waals surface area contributed by atoms with Crippen molar-refractivity contribution in [1.29, 1.82) is 0 Å². The average molecular weight is 621 g/mol. The quantitative estimate of drug-likeness (QED) is 0.268. The third-order valence-electron chi connectivity index (χ3n) is 9.48. The fourth-order valence-electron chi connectivity index (χ4n) is 7.51. The van der Waals surface area contributed by atoms with Crippen LogP contribution in [0.3, 0.4) is 0 Å². The Kier molecular flexibility index (Phi) is 10.0. The van der Waals surface area contributed by atoms with E-state index in [9.17, 15) is 14.7 Å². The first-order valence-electron chi connectivity index (χ1n) is 15.6. The summed E-state index contributed by atoms with van der Waals surface area (Å²) in [7, 11) is 6.08. The monoisotopic (exact) mass is 620 g/mol. The van der Waals surface area contributed by atoms with Gasteiger partial charge in [-0.3, -0.25) is 9.69 Å². The number of carbonyl (C=O) groups is 2. The average Bonchev–Trinajstić information content (AvgIpc) is 3.45. The van der Waals surface area contributed by atoms with Gasteiger partial charge in [-0.15, -0.1) is 0 Å². The molecule has 242 valence electrons. The Morgan fingerprint density at radius 3 is 2.53 bits per heavy atom. The van der Waals surface area contributed by atoms with E-state index in [0.29, 0.717) is 17.7 Å². The second kappa shape index (κ2) is 14.0. The molecule has 6 rings (SSSR count). The fourth-order valence-corrected chi connectivity index (χ4v) is 7.51. The second-order valence-corrected chi connectivity index (χ2v) is 11.6. The Bertz CT molecular complexity index is 1550. The third-order valence-corrected chi connectivity index (χ3v) is 9.48. The van der Waals surface area contributed by atoms with Crippen molar-refractivity contribution in [3.8, 4) is 17.2 Å². The molecule has 0 radical (unpaired) electrons. The van der Waals surface area contributed by atoms with E-state index >= 15 is 0 Å². The van der Waals surface area contributed by atoms with E-state index in [0.717, 1.165) is 37.2 Å². The molecule has 0 amide bonds. The molecular weight excluding hydrogens is 576 g/mol. The Hall–Kier alpha value is -4.02. The third kappa shape index (κ3) is 6.26. The van der Waals surface area contributed by atoms with Crippen LogP contribution >= 0.6 is 0 Å². The van der Waals surface area contributed by atoms with Crippen LogP contribution in [0, 0.1) is 17.8 Å². The molecule has 6 atom stereocenters. The number of phenolic OH excluding ortho intramolecular Hbond substituents is 1. The molecule has 1 aliphatic carbocycles. The molecule has 3 aliphatic rings. The maximum absolute atomic E-state index is 13.3. The van der Waals surface area contributed by atoms with Gasteiger partial charge in [-0.05, 0) is 72.6 Å². The topological polar surface area (TPSA) is 120 Å². The zero-order valence-corrected chi connectivity index (χ0v) is 26.9. The minimum atomic E-state index is -0.638. The number of fused-ring (bicyclic) bond motifs is 6. The lowest BCUT2D eigenvalue weighted by atomic mass is 9.63. The summed E-state index contributed by atoms with van der Waals surface area (Å²) in [6, 6.07) is 11.1. The lowest BCUT2D eigenvalue weighted by molar-refractivity contribution is -0.187. The maximum atomic E-state index is 13.3. The van der Waals surface area contributed by atoms with Crippen molar-refractivity contribution in [2.24, 2.45) is 17.8 Å². The summed E-state index contributed by atoms with van der Waals surface area (Å²) in [5.41, 5.74) is 4.26. The van der Waals surface area contributed by atoms with Gasteiger partial charge in [0.1, 0.15) is 18.0 Å². The number of phenols is 1. The number of hydrogen-bond acceptors (Lipinski definition) is 9. The van der Waals surface area contributed by atoms with E-state index in [1.807, 2.05) is 26.0 Å². The zero-order valence-electron chi connectivity index (χ0n) is 26.9. The van der Waals surface area contributed by atoms with E-state index in [-0.39, 0.29) is 29.6 Å². The Morgan fingerprint density at radius 1 is 1.02 bits per heavy atom. The molecule has 2 aliphatic heterocycles. The lowest BCUT2D eigenvalue weighted by Crippen LogP contribution is -2.58. The van der Waals surface area contributed by atoms with E-state index in [4.69, 9.17) is 23.7 Å². The van der Waals surface area contributed by atoms with E-state index in [2.05, 4.69) is 16.0 Å². The molecule has 1 aromatic heterocycles. The Morgan fingerprint density at radius 2 is 1.82 bits per heavy atom. The highest BCUT2D eigenvalue weighted by Gasteiger charge is 2.54. The number of hydrogen-bond donors (Lipinski definition) is 2. The van der Waals surface area contributed by atoms with Crippen molar-refractivity contribution in [3.63, 3.8) is 0 Å². The molecular formula is C35H44N2O8. The molecule has 45 heavy (non-hydrogen) atoms. The molecule has 10 nitrogen and oxygen atoms in total. The number of ether oxygens (including phenoxy) is 5. The highest BCUT2D eigenvalue weighted by molar-refractivity contribution is 5.88. The predicted octanol–water partition coefficient (Wildman–Crippen LogP) is 5.29. The minimum Gasteiger partial charge on any atom is -0.504 e. The van der Waals surface area contributed by atoms with Gasteiger partial charge in [-0.25, -0.2) is 4.79 Å². The highest BCUT2D eigenvalue weighted by Crippen LogP contribution is 2.50. The van der Waals surface area contributed by atoms with Crippen LogP contribution < -0.4 is 9.47 Å². The SMILES string of the molecule is CC.COC(=O)C1C2CC3c4[nH]c5cc(OC)ccc5c4CCN3CC2CC(OC(=O)/C=C/c2ccc(O)c(OC)c2)C1OC. The summed E-state index contributed by atoms with van der Waals surface area (Å²) < 4.78 is 27.7. The first-order chi connectivity index (χ1) is 21.8. The van der Waals surface area contributed by atoms with Gasteiger partial charge < -0.3 is 33.8 Å². The minimum absolute atomic E-state index is 0.000466. The van der Waals surface area contributed by atoms with E-state index in [1.165, 1.54) is 43.0 Å². The van der Waals surface area contributed by atoms with Gasteiger partial charge >= 0.3 is 11.9 Å². The van der Waals surface area contributed by atoms with Crippen molar-refractivity contribution in [2.45, 2.75) is 51.4 Å². The molecule has 3 aromatic rings. The highest BCUT2D eigenvalue weighted by atomic mass is 16.6. The molecule has 1 saturated heterocycles. The number of carbonyl (C=O) groups excluding carboxylic acids is 2. The van der Waals surface area contributed by atoms with Gasteiger partial charge in [0.05, 0.1) is 33.3 Å². The van der Waals surface area contributed by atoms with Gasteiger partial charge in [0.15, 0.2) is 11.5 Å². The molecule has 2 aromatic carbocycles. The van der Waals surface area contributed by atoms with Gasteiger partial charge in [0.2, 0.25) is 0 Å². The number of aromatic amines is 1. The van der Waals surface area contributed by atoms with Crippen molar-refractivity contribution < 1.29 is 38.4 Å². The normalized spacial score (nSPS) is 25.7. The lowest BCUT2D eigenvalue weighted by Gasteiger charge is -2.52. The largest absolute Gasteiger partial charge is 0.504 e. The molecule has 3 heterocycles. The van der Waals surface area contributed by atoms with Gasteiger partial charge in [-0.2, -0.15) is 0 Å². The van der Waals surface area contributed by atoms with Crippen LogP contribution in [0.2, 0.25) is 0 Å². The van der Waals surface area contributed by atoms with E-state index < -0.39 is 24.1 Å². The number of benzene rings is 2. The Labute approximate surface area is 264 Å². The molecule has 2 N–H and O–H groups in total. The molecule has 6 unspecified atom stereocenters. The molecule has 1 saturated carbocycles. The standard InChI is InChI=1S/C33H38N2O8.C2H6/c1-39-20-7-8-21-22-11-12-35-17-19-14-28(43-29(37)10-6-18-5-9-26(36)27(13-18)40-2)32(41-3)30(33(38)42-4)23(19)16-25(35)31(22)34-24(21)15-20;1-2/h5-10,13,15,19,23,25,28,30,32,34,36H,11-12,14,16-17H2,1-4H3;1-2H3/b10-6+;. The number of aromatic hydroxyl groups is 1. The van der Waals surface area contributed by atoms with Crippen LogP contribution in [-0.2, 0) is 30.2 Å². The van der Waals surface area contributed by atoms with Crippen LogP contribution in [0.4, 0.5) is 0 Å². The second-order valence-electron chi connectivity index (χ2n) is 11.6. The van der Waals surface area contributed by atoms with Gasteiger partial charge in [0, 0.05) is 48.9 Å². The molecule has 0 spiro atoms. The summed E-state index contributed by atoms with van der Waals surface area (Å²) in [6.45, 7) is 5.70. The smallest absolute Gasteiger partial charge is 0.331 e. The van der Waals surface area contributed by atoms with Gasteiger partial charge in [0.25, 0.3) is 0 Å². The number of H-pyrrole nitrogens is 1. The summed E-state index contributed by atoms with van der Waals surface area (Å²) in [6.07, 6.45) is 3.98. The number of esters is 2. The zero-order chi connectivity index (χ0) is 32.2. The summed E-state index contributed by atoms with van der Waals surface area (Å²) in [5, 5.41) is 11.1. The van der Waals surface area contributed by atoms with Crippen LogP contribution in [0.25, 0.3) is 17.0 Å². The number of methoxy groups -OCH3 is 4. The fraction of sp³-hybridized carbons (Fsp3) is 0.486. The first kappa shape index (κ1) is 32.4. The van der Waals surface area contributed by atoms with Crippen molar-refractivity contribution in [2.75, 3.05) is 41.5 Å². The maximum Gasteiger partial charge on any atom is 0.331 e. The van der Waals surface area contributed by atoms with Gasteiger partial charge in [-0.1, -0.05) is 19.9 Å². The molecule has 0 bridgehead atoms. The number of nitrogens with one attached hydrogen (secondary N) is 1. The summed E-state index contributed by atoms with van der Waals surface area (Å²) in [4.78, 5) is 32.5. The number of rotatable bonds is 7. The molecule has 10 heteroatoms. The van der Waals surface area contributed by atoms with Crippen LogP contribution in [0.1, 0.15) is 49.6 Å². The number of aromatic nitrogens is 1. The predicted molar refractivity (Wildman–Crippen MR) is 170 cm³/mol. The summed E-state index contributed by atoms with van der Waals surface area (Å²) >= 11 is 0. The van der Waals surface area contributed by atoms with Crippen molar-refractivity contribution in [1.82, 2.24) is 9.88 Å². The van der Waals surface area contributed by atoms with Crippen LogP contribution in [0.15, 0.2) is 42.5 Å². The Balaban J connectivity index is 0.00000196. The molecule has 2 fully saturated rings. The van der Waals surface area contributed by atoms with Crippen molar-refractivity contribution in [3.05, 3.63) is 59.3 Å². The van der Waals surface area contributed by atoms with Crippen LogP contribution in [0.5, 0.6) is 17.2 Å². The number of piperidine rings is 1. The van der Waals surface area contributed by atoms with Crippen LogP contribution in [-0.4, -0.2) is 80.7 Å². The van der Waals surface area contributed by atoms with Crippen molar-refractivity contribution >= 4 is 28.9 Å². The van der Waals surface area contributed by atoms with E-state index in [1.54, 1.807) is 32.4 Å². The first-order valence-corrected chi connectivity index (χ1v) is 15.6. The number of nitrogens with zero attached hydrogens (tertiary/aromatic N) is 1.